The van der Waals surface area contributed by atoms with Crippen LogP contribution in [0.3, 0.4) is 0 Å². The van der Waals surface area contributed by atoms with Crippen LogP contribution >= 0.6 is 23.2 Å². The van der Waals surface area contributed by atoms with Gasteiger partial charge in [-0.15, -0.1) is 0 Å². The van der Waals surface area contributed by atoms with Gasteiger partial charge in [-0.2, -0.15) is 0 Å². The number of rotatable bonds is 3. The fraction of sp³-hybridized carbons (Fsp3) is 0. The molecule has 0 fully saturated rings. The van der Waals surface area contributed by atoms with Gasteiger partial charge in [-0.3, -0.25) is 0 Å². The van der Waals surface area contributed by atoms with Gasteiger partial charge in [-0.1, -0.05) is 0 Å². The maximum absolute atomic E-state index is 10.7. The van der Waals surface area contributed by atoms with E-state index in [0.717, 1.165) is 19.4 Å². The number of halogens is 2. The van der Waals surface area contributed by atoms with Crippen LogP contribution in [0.1, 0.15) is 0 Å². The van der Waals surface area contributed by atoms with Crippen molar-refractivity contribution in [3.8, 4) is 0 Å². The van der Waals surface area contributed by atoms with Crippen LogP contribution in [0, 0.1) is 6.07 Å². The number of para-hydroxylation sites is 1. The normalized spacial score (nSPS) is 11.1. The summed E-state index contributed by atoms with van der Waals surface area (Å²) < 4.78 is 0.311. The van der Waals surface area contributed by atoms with Gasteiger partial charge in [0.15, 0.2) is 0 Å². The molecule has 0 atom stereocenters. The molecule has 0 saturated carbocycles. The molecule has 14 heavy (non-hydrogen) atoms. The van der Waals surface area contributed by atoms with Gasteiger partial charge in [-0.05, 0) is 0 Å². The van der Waals surface area contributed by atoms with Crippen molar-refractivity contribution in [1.29, 1.82) is 0 Å². The summed E-state index contributed by atoms with van der Waals surface area (Å²) in [7, 11) is 0. The summed E-state index contributed by atoms with van der Waals surface area (Å²) >= 11 is 11.9. The van der Waals surface area contributed by atoms with E-state index in [1.807, 2.05) is 12.1 Å². The molecule has 0 saturated heterocycles. The molecule has 0 spiro atoms. The predicted octanol–water partition coefficient (Wildman–Crippen LogP) is 2.24. The van der Waals surface area contributed by atoms with Gasteiger partial charge in [0.1, 0.15) is 0 Å². The van der Waals surface area contributed by atoms with Crippen molar-refractivity contribution in [1.82, 2.24) is 0 Å². The summed E-state index contributed by atoms with van der Waals surface area (Å²) in [5.41, 5.74) is 0.578. The number of hydrogen-bond donors (Lipinski definition) is 0. The Morgan fingerprint density at radius 1 is 1.43 bits per heavy atom. The molecule has 1 aromatic carbocycles. The fourth-order valence-electron chi connectivity index (χ4n) is 0.691. The Bertz CT molecular complexity index is 389. The quantitative estimate of drug-likeness (QED) is 0.438. The van der Waals surface area contributed by atoms with Crippen LogP contribution in [0.25, 0.3) is 0 Å². The second kappa shape index (κ2) is 5.55. The Labute approximate surface area is 102 Å². The summed E-state index contributed by atoms with van der Waals surface area (Å²) in [6.07, 6.45) is 0. The van der Waals surface area contributed by atoms with Gasteiger partial charge in [0, 0.05) is 0 Å². The Hall–Kier alpha value is -0.302. The Morgan fingerprint density at radius 2 is 2.14 bits per heavy atom. The zero-order valence-electron chi connectivity index (χ0n) is 6.83. The van der Waals surface area contributed by atoms with Gasteiger partial charge in [-0.25, -0.2) is 0 Å². The van der Waals surface area contributed by atoms with Crippen molar-refractivity contribution in [2.75, 3.05) is 0 Å². The number of carbonyl (C=O) groups is 1. The number of hydrogen-bond acceptors (Lipinski definition) is 2. The van der Waals surface area contributed by atoms with E-state index in [2.05, 4.69) is 11.1 Å². The molecule has 2 nitrogen and oxygen atoms in total. The van der Waals surface area contributed by atoms with Crippen molar-refractivity contribution >= 4 is 43.2 Å². The van der Waals surface area contributed by atoms with E-state index in [-0.39, 0.29) is 5.17 Å². The SMILES string of the molecule is O=C(Cl)[C](=[W])C(Cl)=Nc1[c-]cccc1. The molecule has 0 aromatic heterocycles. The van der Waals surface area contributed by atoms with Crippen LogP contribution < -0.4 is 0 Å². The van der Waals surface area contributed by atoms with Crippen molar-refractivity contribution in [3.63, 3.8) is 0 Å². The zero-order valence-corrected chi connectivity index (χ0v) is 11.3. The van der Waals surface area contributed by atoms with E-state index in [9.17, 15) is 4.79 Å². The number of carbonyl (C=O) groups excluding carboxylic acids is 1. The molecule has 0 radical (unpaired) electrons. The Morgan fingerprint density at radius 3 is 2.64 bits per heavy atom. The molecule has 0 aliphatic heterocycles. The van der Waals surface area contributed by atoms with E-state index in [1.54, 1.807) is 12.1 Å². The minimum atomic E-state index is -0.565. The van der Waals surface area contributed by atoms with Gasteiger partial charge in [0.25, 0.3) is 0 Å². The van der Waals surface area contributed by atoms with Crippen LogP contribution in [0.5, 0.6) is 0 Å². The third kappa shape index (κ3) is 3.45. The zero-order chi connectivity index (χ0) is 10.6. The first-order valence-corrected chi connectivity index (χ1v) is 5.78. The van der Waals surface area contributed by atoms with Crippen LogP contribution in [0.15, 0.2) is 29.3 Å². The van der Waals surface area contributed by atoms with Gasteiger partial charge < -0.3 is 0 Å². The van der Waals surface area contributed by atoms with Crippen LogP contribution in [-0.2, 0) is 24.1 Å². The van der Waals surface area contributed by atoms with Crippen molar-refractivity contribution in [2.24, 2.45) is 4.99 Å². The molecule has 72 valence electrons. The molecule has 5 heteroatoms. The summed E-state index contributed by atoms with van der Waals surface area (Å²) in [5.74, 6) is 0. The monoisotopic (exact) mass is 396 g/mol. The molecule has 0 N–H and O–H groups in total. The second-order valence-corrected chi connectivity index (χ2v) is 4.42. The number of aliphatic imine (C=N–C) groups is 1. The van der Waals surface area contributed by atoms with Crippen molar-refractivity contribution in [2.45, 2.75) is 0 Å². The summed E-state index contributed by atoms with van der Waals surface area (Å²) in [6, 6.07) is 9.95. The summed E-state index contributed by atoms with van der Waals surface area (Å²) in [6.45, 7) is 0. The van der Waals surface area contributed by atoms with E-state index in [4.69, 9.17) is 23.2 Å². The van der Waals surface area contributed by atoms with Crippen molar-refractivity contribution < 1.29 is 24.1 Å². The maximum atomic E-state index is 10.7. The number of benzene rings is 1. The first-order chi connectivity index (χ1) is 6.61. The first kappa shape index (κ1) is 11.8. The van der Waals surface area contributed by atoms with E-state index < -0.39 is 5.24 Å². The number of nitrogens with zero attached hydrogens (tertiary/aromatic N) is 1. The molecule has 0 heterocycles. The molecule has 1 aromatic rings. The second-order valence-electron chi connectivity index (χ2n) is 2.25. The molecule has 0 unspecified atom stereocenters. The van der Waals surface area contributed by atoms with Crippen LogP contribution in [-0.4, -0.2) is 14.3 Å². The van der Waals surface area contributed by atoms with E-state index in [1.165, 1.54) is 0 Å². The Balaban J connectivity index is 2.90. The van der Waals surface area contributed by atoms with E-state index in [0.29, 0.717) is 9.59 Å². The molecule has 0 aliphatic rings. The van der Waals surface area contributed by atoms with E-state index >= 15 is 0 Å². The standard InChI is InChI=1S/C9H4Cl2NO.W/c10-8(6-9(11)13)12-7-4-2-1-3-5-7;/h1-4H;/q-1;. The Kier molecular flexibility index (Phi) is 4.66. The molecular weight excluding hydrogens is 393 g/mol. The van der Waals surface area contributed by atoms with Crippen LogP contribution in [0.2, 0.25) is 0 Å². The average Bonchev–Trinajstić information content (AvgIpc) is 2.18. The molecule has 0 aliphatic carbocycles. The molecule has 0 amide bonds. The minimum absolute atomic E-state index is 0.127. The van der Waals surface area contributed by atoms with Crippen LogP contribution in [0.4, 0.5) is 5.69 Å². The third-order valence-electron chi connectivity index (χ3n) is 1.28. The predicted molar refractivity (Wildman–Crippen MR) is 54.1 cm³/mol. The molecular formula is C9H4Cl2NOW-. The first-order valence-electron chi connectivity index (χ1n) is 3.56. The average molecular weight is 397 g/mol. The summed E-state index contributed by atoms with van der Waals surface area (Å²) in [5, 5.41) is -0.438. The fourth-order valence-corrected chi connectivity index (χ4v) is 1.17. The van der Waals surface area contributed by atoms with Gasteiger partial charge in [0.05, 0.1) is 0 Å². The third-order valence-corrected chi connectivity index (χ3v) is 4.00. The topological polar surface area (TPSA) is 29.4 Å². The molecule has 0 bridgehead atoms. The van der Waals surface area contributed by atoms with Gasteiger partial charge >= 0.3 is 103 Å². The van der Waals surface area contributed by atoms with Crippen molar-refractivity contribution in [3.05, 3.63) is 30.3 Å². The van der Waals surface area contributed by atoms with Gasteiger partial charge in [0.2, 0.25) is 0 Å². The summed E-state index contributed by atoms with van der Waals surface area (Å²) in [4.78, 5) is 14.7. The molecule has 1 rings (SSSR count).